The van der Waals surface area contributed by atoms with Crippen molar-refractivity contribution in [2.24, 2.45) is 0 Å². The Kier molecular flexibility index (Phi) is 2.56. The zero-order valence-corrected chi connectivity index (χ0v) is 10.4. The van der Waals surface area contributed by atoms with E-state index in [1.165, 1.54) is 24.1 Å². The quantitative estimate of drug-likeness (QED) is 0.902. The van der Waals surface area contributed by atoms with Crippen LogP contribution >= 0.6 is 0 Å². The van der Waals surface area contributed by atoms with Crippen molar-refractivity contribution in [2.75, 3.05) is 11.9 Å². The zero-order valence-electron chi connectivity index (χ0n) is 10.4. The van der Waals surface area contributed by atoms with E-state index in [9.17, 15) is 14.0 Å². The SMILES string of the molecule is CN1C(=O)Cc2cc(-c3cc(C(=O)O)no3)cc(F)c21. The van der Waals surface area contributed by atoms with Crippen molar-refractivity contribution in [3.8, 4) is 11.3 Å². The van der Waals surface area contributed by atoms with Crippen molar-refractivity contribution in [1.29, 1.82) is 0 Å². The molecule has 0 unspecified atom stereocenters. The number of fused-ring (bicyclic) bond motifs is 1. The summed E-state index contributed by atoms with van der Waals surface area (Å²) in [5.41, 5.74) is 0.885. The van der Waals surface area contributed by atoms with Gasteiger partial charge >= 0.3 is 5.97 Å². The minimum Gasteiger partial charge on any atom is -0.476 e. The summed E-state index contributed by atoms with van der Waals surface area (Å²) in [7, 11) is 1.51. The van der Waals surface area contributed by atoms with Gasteiger partial charge in [-0.3, -0.25) is 4.79 Å². The van der Waals surface area contributed by atoms with Crippen LogP contribution in [0.1, 0.15) is 16.1 Å². The standard InChI is InChI=1S/C13H9FN2O4/c1-16-11(17)4-7-2-6(3-8(14)12(7)16)10-5-9(13(18)19)15-20-10/h2-3,5H,4H2,1H3,(H,18,19). The zero-order chi connectivity index (χ0) is 14.4. The van der Waals surface area contributed by atoms with Crippen molar-refractivity contribution < 1.29 is 23.6 Å². The minimum absolute atomic E-state index is 0.108. The van der Waals surface area contributed by atoms with Gasteiger partial charge in [-0.25, -0.2) is 9.18 Å². The molecule has 7 heteroatoms. The molecule has 1 amide bonds. The van der Waals surface area contributed by atoms with Crippen LogP contribution < -0.4 is 4.90 Å². The second kappa shape index (κ2) is 4.16. The molecule has 0 radical (unpaired) electrons. The van der Waals surface area contributed by atoms with Crippen LogP contribution in [0.4, 0.5) is 10.1 Å². The molecule has 0 saturated heterocycles. The highest BCUT2D eigenvalue weighted by molar-refractivity contribution is 6.01. The van der Waals surface area contributed by atoms with Gasteiger partial charge in [0, 0.05) is 18.7 Å². The average molecular weight is 276 g/mol. The van der Waals surface area contributed by atoms with E-state index < -0.39 is 11.8 Å². The molecule has 0 saturated carbocycles. The molecule has 0 spiro atoms. The number of carbonyl (C=O) groups is 2. The molecular formula is C13H9FN2O4. The van der Waals surface area contributed by atoms with Crippen LogP contribution in [0.15, 0.2) is 22.7 Å². The smallest absolute Gasteiger partial charge is 0.358 e. The molecule has 0 fully saturated rings. The number of hydrogen-bond donors (Lipinski definition) is 1. The normalized spacial score (nSPS) is 13.7. The fraction of sp³-hybridized carbons (Fsp3) is 0.154. The first-order valence-electron chi connectivity index (χ1n) is 5.76. The molecule has 20 heavy (non-hydrogen) atoms. The van der Waals surface area contributed by atoms with Gasteiger partial charge < -0.3 is 14.5 Å². The summed E-state index contributed by atoms with van der Waals surface area (Å²) >= 11 is 0. The Bertz CT molecular complexity index is 738. The van der Waals surface area contributed by atoms with E-state index in [4.69, 9.17) is 9.63 Å². The van der Waals surface area contributed by atoms with E-state index in [0.717, 1.165) is 0 Å². The lowest BCUT2D eigenvalue weighted by Crippen LogP contribution is -2.21. The molecule has 2 aromatic rings. The molecule has 1 aliphatic rings. The number of likely N-dealkylation sites (N-methyl/N-ethyl adjacent to an activating group) is 1. The number of anilines is 1. The number of hydrogen-bond acceptors (Lipinski definition) is 4. The third-order valence-electron chi connectivity index (χ3n) is 3.21. The van der Waals surface area contributed by atoms with Crippen molar-refractivity contribution in [1.82, 2.24) is 5.16 Å². The highest BCUT2D eigenvalue weighted by Gasteiger charge is 2.28. The summed E-state index contributed by atoms with van der Waals surface area (Å²) < 4.78 is 18.9. The highest BCUT2D eigenvalue weighted by Crippen LogP contribution is 2.35. The third-order valence-corrected chi connectivity index (χ3v) is 3.21. The van der Waals surface area contributed by atoms with Crippen molar-refractivity contribution in [3.63, 3.8) is 0 Å². The third kappa shape index (κ3) is 1.75. The van der Waals surface area contributed by atoms with Crippen molar-refractivity contribution in [3.05, 3.63) is 35.3 Å². The van der Waals surface area contributed by atoms with Crippen LogP contribution in [-0.2, 0) is 11.2 Å². The number of benzene rings is 1. The molecule has 102 valence electrons. The molecule has 6 nitrogen and oxygen atoms in total. The van der Waals surface area contributed by atoms with Crippen LogP contribution in [0.2, 0.25) is 0 Å². The van der Waals surface area contributed by atoms with Crippen LogP contribution in [0.5, 0.6) is 0 Å². The second-order valence-electron chi connectivity index (χ2n) is 4.48. The number of carboxylic acid groups (broad SMARTS) is 1. The van der Waals surface area contributed by atoms with Gasteiger partial charge in [0.1, 0.15) is 5.82 Å². The van der Waals surface area contributed by atoms with Gasteiger partial charge in [-0.15, -0.1) is 0 Å². The molecule has 1 aromatic heterocycles. The number of halogens is 1. The number of nitrogens with zero attached hydrogens (tertiary/aromatic N) is 2. The Morgan fingerprint density at radius 1 is 1.45 bits per heavy atom. The monoisotopic (exact) mass is 276 g/mol. The van der Waals surface area contributed by atoms with Gasteiger partial charge in [0.25, 0.3) is 0 Å². The summed E-state index contributed by atoms with van der Waals surface area (Å²) in [5, 5.41) is 12.1. The van der Waals surface area contributed by atoms with Gasteiger partial charge in [-0.1, -0.05) is 5.16 Å². The average Bonchev–Trinajstić information content (AvgIpc) is 2.96. The molecule has 1 N–H and O–H groups in total. The maximum absolute atomic E-state index is 14.1. The predicted octanol–water partition coefficient (Wildman–Crippen LogP) is 1.70. The topological polar surface area (TPSA) is 83.6 Å². The van der Waals surface area contributed by atoms with Gasteiger partial charge in [0.15, 0.2) is 11.5 Å². The van der Waals surface area contributed by atoms with Crippen molar-refractivity contribution >= 4 is 17.6 Å². The van der Waals surface area contributed by atoms with E-state index in [2.05, 4.69) is 5.16 Å². The van der Waals surface area contributed by atoms with E-state index in [0.29, 0.717) is 11.1 Å². The fourth-order valence-corrected chi connectivity index (χ4v) is 2.23. The molecular weight excluding hydrogens is 267 g/mol. The van der Waals surface area contributed by atoms with Crippen LogP contribution in [-0.4, -0.2) is 29.2 Å². The summed E-state index contributed by atoms with van der Waals surface area (Å²) in [6.07, 6.45) is 0.108. The molecule has 0 bridgehead atoms. The van der Waals surface area contributed by atoms with E-state index in [1.807, 2.05) is 0 Å². The van der Waals surface area contributed by atoms with Crippen LogP contribution in [0.3, 0.4) is 0 Å². The molecule has 1 aromatic carbocycles. The number of aromatic carboxylic acids is 1. The highest BCUT2D eigenvalue weighted by atomic mass is 19.1. The Labute approximate surface area is 112 Å². The lowest BCUT2D eigenvalue weighted by molar-refractivity contribution is -0.117. The first-order valence-corrected chi connectivity index (χ1v) is 5.76. The number of rotatable bonds is 2. The van der Waals surface area contributed by atoms with E-state index in [1.54, 1.807) is 6.07 Å². The Morgan fingerprint density at radius 3 is 2.85 bits per heavy atom. The largest absolute Gasteiger partial charge is 0.476 e. The number of carbonyl (C=O) groups excluding carboxylic acids is 1. The fourth-order valence-electron chi connectivity index (χ4n) is 2.23. The molecule has 3 rings (SSSR count). The van der Waals surface area contributed by atoms with E-state index >= 15 is 0 Å². The van der Waals surface area contributed by atoms with Gasteiger partial charge in [0.2, 0.25) is 5.91 Å². The molecule has 0 aliphatic carbocycles. The van der Waals surface area contributed by atoms with Crippen LogP contribution in [0, 0.1) is 5.82 Å². The Balaban J connectivity index is 2.08. The Morgan fingerprint density at radius 2 is 2.20 bits per heavy atom. The first kappa shape index (κ1) is 12.3. The summed E-state index contributed by atoms with van der Waals surface area (Å²) in [4.78, 5) is 23.6. The van der Waals surface area contributed by atoms with Gasteiger partial charge in [0.05, 0.1) is 12.1 Å². The van der Waals surface area contributed by atoms with Gasteiger partial charge in [-0.05, 0) is 17.7 Å². The first-order chi connectivity index (χ1) is 9.47. The van der Waals surface area contributed by atoms with Gasteiger partial charge in [-0.2, -0.15) is 0 Å². The van der Waals surface area contributed by atoms with E-state index in [-0.39, 0.29) is 29.5 Å². The maximum Gasteiger partial charge on any atom is 0.358 e. The molecule has 1 aliphatic heterocycles. The summed E-state index contributed by atoms with van der Waals surface area (Å²) in [5.74, 6) is -1.83. The number of amides is 1. The predicted molar refractivity (Wildman–Crippen MR) is 66.0 cm³/mol. The second-order valence-corrected chi connectivity index (χ2v) is 4.48. The lowest BCUT2D eigenvalue weighted by Gasteiger charge is -2.11. The Hall–Kier alpha value is -2.70. The number of aromatic nitrogens is 1. The van der Waals surface area contributed by atoms with Crippen LogP contribution in [0.25, 0.3) is 11.3 Å². The van der Waals surface area contributed by atoms with Crippen molar-refractivity contribution in [2.45, 2.75) is 6.42 Å². The number of carboxylic acids is 1. The molecule has 0 atom stereocenters. The lowest BCUT2D eigenvalue weighted by atomic mass is 10.1. The summed E-state index contributed by atoms with van der Waals surface area (Å²) in [6, 6.07) is 4.01. The maximum atomic E-state index is 14.1. The molecule has 2 heterocycles. The minimum atomic E-state index is -1.23. The summed E-state index contributed by atoms with van der Waals surface area (Å²) in [6.45, 7) is 0.